The molecule has 0 bridgehead atoms. The lowest BCUT2D eigenvalue weighted by Gasteiger charge is -2.10. The Morgan fingerprint density at radius 2 is 1.90 bits per heavy atom. The van der Waals surface area contributed by atoms with E-state index in [4.69, 9.17) is 4.74 Å². The van der Waals surface area contributed by atoms with E-state index in [-0.39, 0.29) is 0 Å². The molecule has 0 aliphatic heterocycles. The maximum absolute atomic E-state index is 5.87. The van der Waals surface area contributed by atoms with Crippen LogP contribution in [0.1, 0.15) is 43.6 Å². The van der Waals surface area contributed by atoms with Crippen molar-refractivity contribution in [1.29, 1.82) is 0 Å². The SMILES string of the molecule is CCn1nc(C)c(Br)c1COc1ccc(C(C)C)cc1. The Hall–Kier alpha value is -1.29. The summed E-state index contributed by atoms with van der Waals surface area (Å²) in [6.45, 7) is 9.83. The average molecular weight is 337 g/mol. The van der Waals surface area contributed by atoms with Crippen molar-refractivity contribution in [3.63, 3.8) is 0 Å². The molecule has 0 fully saturated rings. The van der Waals surface area contributed by atoms with Crippen molar-refractivity contribution in [1.82, 2.24) is 9.78 Å². The van der Waals surface area contributed by atoms with Gasteiger partial charge in [0.2, 0.25) is 0 Å². The van der Waals surface area contributed by atoms with Crippen molar-refractivity contribution in [2.24, 2.45) is 0 Å². The number of ether oxygens (including phenoxy) is 1. The van der Waals surface area contributed by atoms with E-state index in [1.54, 1.807) is 0 Å². The van der Waals surface area contributed by atoms with Gasteiger partial charge in [-0.25, -0.2) is 0 Å². The lowest BCUT2D eigenvalue weighted by Crippen LogP contribution is -2.06. The van der Waals surface area contributed by atoms with Crippen LogP contribution >= 0.6 is 15.9 Å². The summed E-state index contributed by atoms with van der Waals surface area (Å²) in [6, 6.07) is 8.31. The van der Waals surface area contributed by atoms with Crippen LogP contribution in [0.2, 0.25) is 0 Å². The van der Waals surface area contributed by atoms with Crippen molar-refractivity contribution in [2.45, 2.75) is 46.8 Å². The topological polar surface area (TPSA) is 27.1 Å². The third-order valence-corrected chi connectivity index (χ3v) is 4.41. The maximum atomic E-state index is 5.87. The van der Waals surface area contributed by atoms with E-state index in [1.165, 1.54) is 5.56 Å². The standard InChI is InChI=1S/C16H21BrN2O/c1-5-19-15(16(17)12(4)18-19)10-20-14-8-6-13(7-9-14)11(2)3/h6-9,11H,5,10H2,1-4H3. The first-order valence-electron chi connectivity index (χ1n) is 6.97. The molecule has 0 atom stereocenters. The first-order chi connectivity index (χ1) is 9.52. The van der Waals surface area contributed by atoms with Crippen molar-refractivity contribution in [3.05, 3.63) is 45.7 Å². The molecule has 0 N–H and O–H groups in total. The largest absolute Gasteiger partial charge is 0.487 e. The fourth-order valence-electron chi connectivity index (χ4n) is 2.11. The second-order valence-electron chi connectivity index (χ2n) is 5.17. The number of hydrogen-bond donors (Lipinski definition) is 0. The molecule has 0 spiro atoms. The van der Waals surface area contributed by atoms with Gasteiger partial charge in [-0.05, 0) is 53.4 Å². The minimum Gasteiger partial charge on any atom is -0.487 e. The van der Waals surface area contributed by atoms with Gasteiger partial charge in [-0.15, -0.1) is 0 Å². The van der Waals surface area contributed by atoms with Gasteiger partial charge in [0.1, 0.15) is 12.4 Å². The zero-order valence-corrected chi connectivity index (χ0v) is 14.1. The normalized spacial score (nSPS) is 11.1. The van der Waals surface area contributed by atoms with Gasteiger partial charge in [-0.3, -0.25) is 4.68 Å². The monoisotopic (exact) mass is 336 g/mol. The highest BCUT2D eigenvalue weighted by molar-refractivity contribution is 9.10. The van der Waals surface area contributed by atoms with Gasteiger partial charge >= 0.3 is 0 Å². The number of aryl methyl sites for hydroxylation is 2. The number of hydrogen-bond acceptors (Lipinski definition) is 2. The molecule has 0 amide bonds. The zero-order valence-electron chi connectivity index (χ0n) is 12.5. The Labute approximate surface area is 129 Å². The molecule has 2 aromatic rings. The van der Waals surface area contributed by atoms with Crippen molar-refractivity contribution < 1.29 is 4.74 Å². The molecule has 1 aromatic carbocycles. The Balaban J connectivity index is 2.09. The molecule has 0 aliphatic carbocycles. The van der Waals surface area contributed by atoms with E-state index in [0.717, 1.165) is 28.2 Å². The lowest BCUT2D eigenvalue weighted by molar-refractivity contribution is 0.291. The smallest absolute Gasteiger partial charge is 0.131 e. The summed E-state index contributed by atoms with van der Waals surface area (Å²) in [5.41, 5.74) is 3.41. The molecule has 0 saturated heterocycles. The molecule has 0 saturated carbocycles. The van der Waals surface area contributed by atoms with E-state index in [2.05, 4.69) is 53.9 Å². The highest BCUT2D eigenvalue weighted by atomic mass is 79.9. The Morgan fingerprint density at radius 1 is 1.25 bits per heavy atom. The molecule has 2 rings (SSSR count). The number of benzene rings is 1. The number of nitrogens with zero attached hydrogens (tertiary/aromatic N) is 2. The second-order valence-corrected chi connectivity index (χ2v) is 5.97. The van der Waals surface area contributed by atoms with Gasteiger partial charge in [-0.1, -0.05) is 26.0 Å². The van der Waals surface area contributed by atoms with Gasteiger partial charge in [0.25, 0.3) is 0 Å². The molecule has 20 heavy (non-hydrogen) atoms. The Morgan fingerprint density at radius 3 is 2.45 bits per heavy atom. The number of aromatic nitrogens is 2. The third-order valence-electron chi connectivity index (χ3n) is 3.38. The third kappa shape index (κ3) is 3.23. The summed E-state index contributed by atoms with van der Waals surface area (Å²) in [7, 11) is 0. The van der Waals surface area contributed by atoms with E-state index >= 15 is 0 Å². The van der Waals surface area contributed by atoms with Crippen LogP contribution in [0.3, 0.4) is 0 Å². The summed E-state index contributed by atoms with van der Waals surface area (Å²) < 4.78 is 8.89. The molecule has 108 valence electrons. The van der Waals surface area contributed by atoms with E-state index in [9.17, 15) is 0 Å². The van der Waals surface area contributed by atoms with Gasteiger partial charge in [0, 0.05) is 6.54 Å². The molecular formula is C16H21BrN2O. The molecule has 4 heteroatoms. The molecule has 3 nitrogen and oxygen atoms in total. The van der Waals surface area contributed by atoms with E-state index < -0.39 is 0 Å². The fraction of sp³-hybridized carbons (Fsp3) is 0.438. The zero-order chi connectivity index (χ0) is 14.7. The van der Waals surface area contributed by atoms with Crippen molar-refractivity contribution >= 4 is 15.9 Å². The first-order valence-corrected chi connectivity index (χ1v) is 7.76. The molecule has 1 aromatic heterocycles. The van der Waals surface area contributed by atoms with Gasteiger partial charge in [0.05, 0.1) is 15.9 Å². The first kappa shape index (κ1) is 15.1. The average Bonchev–Trinajstić information content (AvgIpc) is 2.72. The maximum Gasteiger partial charge on any atom is 0.131 e. The van der Waals surface area contributed by atoms with Gasteiger partial charge in [0.15, 0.2) is 0 Å². The summed E-state index contributed by atoms with van der Waals surface area (Å²) in [4.78, 5) is 0. The molecule has 1 heterocycles. The molecule has 0 aliphatic rings. The molecule has 0 unspecified atom stereocenters. The molecular weight excluding hydrogens is 316 g/mol. The van der Waals surface area contributed by atoms with Crippen molar-refractivity contribution in [3.8, 4) is 5.75 Å². The van der Waals surface area contributed by atoms with Crippen LogP contribution in [-0.2, 0) is 13.2 Å². The van der Waals surface area contributed by atoms with Crippen LogP contribution in [0.5, 0.6) is 5.75 Å². The Kier molecular flexibility index (Phi) is 4.86. The van der Waals surface area contributed by atoms with E-state index in [1.807, 2.05) is 23.7 Å². The molecule has 0 radical (unpaired) electrons. The minimum absolute atomic E-state index is 0.524. The lowest BCUT2D eigenvalue weighted by atomic mass is 10.0. The van der Waals surface area contributed by atoms with E-state index in [0.29, 0.717) is 12.5 Å². The number of halogens is 1. The fourth-order valence-corrected chi connectivity index (χ4v) is 2.51. The highest BCUT2D eigenvalue weighted by Gasteiger charge is 2.12. The van der Waals surface area contributed by atoms with Crippen LogP contribution in [0.15, 0.2) is 28.7 Å². The van der Waals surface area contributed by atoms with Crippen LogP contribution in [0.25, 0.3) is 0 Å². The van der Waals surface area contributed by atoms with Gasteiger partial charge < -0.3 is 4.74 Å². The predicted octanol–water partition coefficient (Wildman–Crippen LogP) is 4.68. The number of rotatable bonds is 5. The van der Waals surface area contributed by atoms with Crippen LogP contribution in [0.4, 0.5) is 0 Å². The highest BCUT2D eigenvalue weighted by Crippen LogP contribution is 2.24. The summed E-state index contributed by atoms with van der Waals surface area (Å²) in [5.74, 6) is 1.44. The summed E-state index contributed by atoms with van der Waals surface area (Å²) in [6.07, 6.45) is 0. The predicted molar refractivity (Wildman–Crippen MR) is 85.2 cm³/mol. The minimum atomic E-state index is 0.524. The summed E-state index contributed by atoms with van der Waals surface area (Å²) in [5, 5.41) is 4.47. The quantitative estimate of drug-likeness (QED) is 0.792. The second kappa shape index (κ2) is 6.44. The van der Waals surface area contributed by atoms with Gasteiger partial charge in [-0.2, -0.15) is 5.10 Å². The van der Waals surface area contributed by atoms with Crippen LogP contribution in [-0.4, -0.2) is 9.78 Å². The summed E-state index contributed by atoms with van der Waals surface area (Å²) >= 11 is 3.58. The Bertz CT molecular complexity index is 573. The van der Waals surface area contributed by atoms with Crippen LogP contribution < -0.4 is 4.74 Å². The van der Waals surface area contributed by atoms with Crippen LogP contribution in [0, 0.1) is 6.92 Å². The van der Waals surface area contributed by atoms with Crippen molar-refractivity contribution in [2.75, 3.05) is 0 Å².